The maximum Gasteiger partial charge on any atom is 0.337 e. The number of hydrogen-bond acceptors (Lipinski definition) is 3. The molecule has 5 nitrogen and oxygen atoms in total. The Bertz CT molecular complexity index is 876. The lowest BCUT2D eigenvalue weighted by Crippen LogP contribution is -2.00. The average Bonchev–Trinajstić information content (AvgIpc) is 2.86. The maximum atomic E-state index is 11.1. The van der Waals surface area contributed by atoms with Crippen molar-refractivity contribution < 1.29 is 9.90 Å². The van der Waals surface area contributed by atoms with Crippen molar-refractivity contribution in [2.45, 2.75) is 6.92 Å². The number of nitrogens with zero attached hydrogens (tertiary/aromatic N) is 3. The van der Waals surface area contributed by atoms with E-state index in [0.717, 1.165) is 15.6 Å². The van der Waals surface area contributed by atoms with E-state index < -0.39 is 5.97 Å². The quantitative estimate of drug-likeness (QED) is 0.748. The zero-order chi connectivity index (χ0) is 15.1. The van der Waals surface area contributed by atoms with Crippen molar-refractivity contribution in [2.24, 2.45) is 0 Å². The number of aryl methyl sites for hydroxylation is 1. The number of rotatable bonds is 2. The number of aromatic carboxylic acids is 1. The highest BCUT2D eigenvalue weighted by Crippen LogP contribution is 2.27. The molecule has 1 aromatic carbocycles. The number of aromatic nitrogens is 3. The largest absolute Gasteiger partial charge is 0.478 e. The Balaban J connectivity index is 2.27. The number of benzene rings is 1. The molecule has 3 aromatic rings. The van der Waals surface area contributed by atoms with E-state index in [1.54, 1.807) is 4.40 Å². The van der Waals surface area contributed by atoms with Crippen molar-refractivity contribution in [3.05, 3.63) is 51.1 Å². The number of pyridine rings is 1. The van der Waals surface area contributed by atoms with E-state index in [9.17, 15) is 4.79 Å². The summed E-state index contributed by atoms with van der Waals surface area (Å²) in [6.07, 6.45) is 1.46. The van der Waals surface area contributed by atoms with Gasteiger partial charge in [-0.15, -0.1) is 10.2 Å². The molecule has 0 saturated carbocycles. The van der Waals surface area contributed by atoms with Crippen LogP contribution < -0.4 is 0 Å². The van der Waals surface area contributed by atoms with Crippen LogP contribution in [0.5, 0.6) is 0 Å². The molecule has 0 aliphatic heterocycles. The Kier molecular flexibility index (Phi) is 3.43. The van der Waals surface area contributed by atoms with Gasteiger partial charge in [-0.3, -0.25) is 4.40 Å². The summed E-state index contributed by atoms with van der Waals surface area (Å²) in [7, 11) is 0. The number of hydrogen-bond donors (Lipinski definition) is 1. The van der Waals surface area contributed by atoms with Crippen LogP contribution in [0.3, 0.4) is 0 Å². The Hall–Kier alpha value is -1.92. The highest BCUT2D eigenvalue weighted by Gasteiger charge is 2.15. The van der Waals surface area contributed by atoms with Crippen LogP contribution in [-0.2, 0) is 0 Å². The van der Waals surface area contributed by atoms with Crippen molar-refractivity contribution in [3.63, 3.8) is 0 Å². The van der Waals surface area contributed by atoms with Gasteiger partial charge >= 0.3 is 5.97 Å². The minimum Gasteiger partial charge on any atom is -0.478 e. The van der Waals surface area contributed by atoms with Gasteiger partial charge in [0.25, 0.3) is 0 Å². The zero-order valence-corrected chi connectivity index (χ0v) is 13.2. The van der Waals surface area contributed by atoms with Crippen molar-refractivity contribution in [2.75, 3.05) is 0 Å². The van der Waals surface area contributed by atoms with Gasteiger partial charge in [-0.2, -0.15) is 0 Å². The highest BCUT2D eigenvalue weighted by atomic mass is 79.9. The first-order valence-corrected chi connectivity index (χ1v) is 7.18. The van der Waals surface area contributed by atoms with E-state index in [0.29, 0.717) is 11.5 Å². The molecule has 0 bridgehead atoms. The Labute approximate surface area is 133 Å². The van der Waals surface area contributed by atoms with E-state index in [1.807, 2.05) is 25.1 Å². The first kappa shape index (κ1) is 14.0. The Morgan fingerprint density at radius 2 is 2.10 bits per heavy atom. The zero-order valence-electron chi connectivity index (χ0n) is 10.8. The Morgan fingerprint density at radius 3 is 2.76 bits per heavy atom. The smallest absolute Gasteiger partial charge is 0.337 e. The summed E-state index contributed by atoms with van der Waals surface area (Å²) in [6.45, 7) is 1.98. The predicted molar refractivity (Wildman–Crippen MR) is 82.8 cm³/mol. The Morgan fingerprint density at radius 1 is 1.33 bits per heavy atom. The summed E-state index contributed by atoms with van der Waals surface area (Å²) < 4.78 is 2.53. The second kappa shape index (κ2) is 5.13. The molecule has 0 unspecified atom stereocenters. The predicted octanol–water partition coefficient (Wildman–Crippen LogP) is 3.82. The van der Waals surface area contributed by atoms with E-state index in [-0.39, 0.29) is 10.6 Å². The van der Waals surface area contributed by atoms with Crippen LogP contribution in [-0.4, -0.2) is 25.7 Å². The van der Waals surface area contributed by atoms with Gasteiger partial charge in [0.15, 0.2) is 11.5 Å². The van der Waals surface area contributed by atoms with Gasteiger partial charge in [0.2, 0.25) is 0 Å². The molecule has 7 heteroatoms. The number of carboxylic acid groups (broad SMARTS) is 1. The molecule has 0 spiro atoms. The fourth-order valence-electron chi connectivity index (χ4n) is 2.00. The van der Waals surface area contributed by atoms with E-state index in [4.69, 9.17) is 16.7 Å². The molecule has 0 amide bonds. The van der Waals surface area contributed by atoms with Crippen LogP contribution in [0, 0.1) is 6.92 Å². The van der Waals surface area contributed by atoms with Crippen LogP contribution in [0.15, 0.2) is 34.9 Å². The van der Waals surface area contributed by atoms with Crippen molar-refractivity contribution >= 4 is 39.1 Å². The first-order chi connectivity index (χ1) is 9.97. The maximum absolute atomic E-state index is 11.1. The van der Waals surface area contributed by atoms with Gasteiger partial charge in [-0.05, 0) is 24.6 Å². The van der Waals surface area contributed by atoms with Gasteiger partial charge < -0.3 is 5.11 Å². The summed E-state index contributed by atoms with van der Waals surface area (Å²) in [5.74, 6) is -0.515. The third kappa shape index (κ3) is 2.41. The van der Waals surface area contributed by atoms with Crippen molar-refractivity contribution in [3.8, 4) is 11.4 Å². The molecule has 0 atom stereocenters. The molecule has 106 valence electrons. The lowest BCUT2D eigenvalue weighted by molar-refractivity contribution is 0.0696. The fraction of sp³-hybridized carbons (Fsp3) is 0.0714. The second-order valence-corrected chi connectivity index (χ2v) is 5.82. The SMILES string of the molecule is Cc1ccc(-c2nnc3c(Cl)cc(C(=O)O)cn23)cc1Br. The summed E-state index contributed by atoms with van der Waals surface area (Å²) in [5, 5.41) is 17.5. The van der Waals surface area contributed by atoms with Crippen LogP contribution >= 0.6 is 27.5 Å². The highest BCUT2D eigenvalue weighted by molar-refractivity contribution is 9.10. The molecule has 21 heavy (non-hydrogen) atoms. The van der Waals surface area contributed by atoms with Gasteiger partial charge in [-0.1, -0.05) is 39.7 Å². The molecular formula is C14H9BrClN3O2. The van der Waals surface area contributed by atoms with Crippen molar-refractivity contribution in [1.82, 2.24) is 14.6 Å². The second-order valence-electron chi connectivity index (χ2n) is 4.56. The van der Waals surface area contributed by atoms with Crippen LogP contribution in [0.25, 0.3) is 17.0 Å². The van der Waals surface area contributed by atoms with Gasteiger partial charge in [0.1, 0.15) is 0 Å². The summed E-state index contributed by atoms with van der Waals surface area (Å²) >= 11 is 9.54. The standard InChI is InChI=1S/C14H9BrClN3O2/c1-7-2-3-8(4-10(7)15)12-17-18-13-11(16)5-9(14(20)21)6-19(12)13/h2-6H,1H3,(H,20,21). The lowest BCUT2D eigenvalue weighted by Gasteiger charge is -2.05. The monoisotopic (exact) mass is 365 g/mol. The minimum absolute atomic E-state index is 0.0831. The lowest BCUT2D eigenvalue weighted by atomic mass is 10.1. The average molecular weight is 367 g/mol. The topological polar surface area (TPSA) is 67.5 Å². The number of carbonyl (C=O) groups is 1. The number of fused-ring (bicyclic) bond motifs is 1. The normalized spacial score (nSPS) is 11.0. The van der Waals surface area contributed by atoms with Crippen molar-refractivity contribution in [1.29, 1.82) is 0 Å². The van der Waals surface area contributed by atoms with Crippen LogP contribution in [0.1, 0.15) is 15.9 Å². The third-order valence-corrected chi connectivity index (χ3v) is 4.27. The molecule has 0 saturated heterocycles. The molecule has 2 heterocycles. The fourth-order valence-corrected chi connectivity index (χ4v) is 2.62. The summed E-state index contributed by atoms with van der Waals surface area (Å²) in [5.41, 5.74) is 2.42. The summed E-state index contributed by atoms with van der Waals surface area (Å²) in [6, 6.07) is 7.12. The molecule has 2 aromatic heterocycles. The molecule has 0 radical (unpaired) electrons. The number of carboxylic acids is 1. The van der Waals surface area contributed by atoms with Gasteiger partial charge in [0.05, 0.1) is 10.6 Å². The molecular weight excluding hydrogens is 358 g/mol. The molecule has 1 N–H and O–H groups in total. The molecule has 3 rings (SSSR count). The van der Waals surface area contributed by atoms with E-state index >= 15 is 0 Å². The van der Waals surface area contributed by atoms with E-state index in [1.165, 1.54) is 12.3 Å². The minimum atomic E-state index is -1.05. The third-order valence-electron chi connectivity index (χ3n) is 3.14. The molecule has 0 aliphatic rings. The molecule has 0 aliphatic carbocycles. The van der Waals surface area contributed by atoms with E-state index in [2.05, 4.69) is 26.1 Å². The first-order valence-electron chi connectivity index (χ1n) is 6.01. The number of halogens is 2. The summed E-state index contributed by atoms with van der Waals surface area (Å²) in [4.78, 5) is 11.1. The van der Waals surface area contributed by atoms with Gasteiger partial charge in [0, 0.05) is 16.2 Å². The molecule has 0 fully saturated rings. The van der Waals surface area contributed by atoms with Gasteiger partial charge in [-0.25, -0.2) is 4.79 Å². The van der Waals surface area contributed by atoms with Crippen LogP contribution in [0.2, 0.25) is 5.02 Å². The van der Waals surface area contributed by atoms with Crippen LogP contribution in [0.4, 0.5) is 0 Å².